The third-order valence-electron chi connectivity index (χ3n) is 4.68. The minimum Gasteiger partial charge on any atom is -0.497 e. The molecule has 0 saturated carbocycles. The molecule has 0 spiro atoms. The van der Waals surface area contributed by atoms with Gasteiger partial charge in [0.25, 0.3) is 5.91 Å². The van der Waals surface area contributed by atoms with E-state index in [0.717, 1.165) is 4.90 Å². The van der Waals surface area contributed by atoms with E-state index >= 15 is 0 Å². The number of aliphatic hydroxyl groups is 1. The van der Waals surface area contributed by atoms with Crippen LogP contribution in [-0.2, 0) is 15.2 Å². The highest BCUT2D eigenvalue weighted by molar-refractivity contribution is 6.12. The minimum absolute atomic E-state index is 0.204. The first kappa shape index (κ1) is 19.4. The van der Waals surface area contributed by atoms with Gasteiger partial charge >= 0.3 is 0 Å². The summed E-state index contributed by atoms with van der Waals surface area (Å²) in [6.45, 7) is -0.391. The number of methoxy groups -OCH3 is 2. The second kappa shape index (κ2) is 7.32. The molecule has 146 valence electrons. The van der Waals surface area contributed by atoms with Crippen molar-refractivity contribution < 1.29 is 29.0 Å². The number of fused-ring (bicyclic) bond motifs is 1. The Morgan fingerprint density at radius 3 is 2.50 bits per heavy atom. The van der Waals surface area contributed by atoms with Crippen molar-refractivity contribution in [3.8, 4) is 11.5 Å². The number of para-hydroxylation sites is 1. The van der Waals surface area contributed by atoms with Gasteiger partial charge < -0.3 is 20.3 Å². The number of anilines is 1. The van der Waals surface area contributed by atoms with Crippen molar-refractivity contribution in [2.75, 3.05) is 25.7 Å². The number of carbonyl (C=O) groups is 3. The van der Waals surface area contributed by atoms with Gasteiger partial charge in [0.05, 0.1) is 31.9 Å². The lowest BCUT2D eigenvalue weighted by atomic mass is 9.88. The highest BCUT2D eigenvalue weighted by atomic mass is 16.5. The van der Waals surface area contributed by atoms with Crippen molar-refractivity contribution in [2.45, 2.75) is 12.0 Å². The van der Waals surface area contributed by atoms with Crippen molar-refractivity contribution in [1.29, 1.82) is 0 Å². The summed E-state index contributed by atoms with van der Waals surface area (Å²) in [4.78, 5) is 38.3. The maximum atomic E-state index is 12.9. The number of Topliss-reactive ketones (excluding diaryl/α,β-unsaturated/α-hetero) is 1. The summed E-state index contributed by atoms with van der Waals surface area (Å²) in [6.07, 6.45) is -0.513. The second-order valence-electron chi connectivity index (χ2n) is 6.40. The summed E-state index contributed by atoms with van der Waals surface area (Å²) in [5, 5.41) is 11.2. The number of benzene rings is 2. The Bertz CT molecular complexity index is 957. The van der Waals surface area contributed by atoms with Gasteiger partial charge in [-0.25, -0.2) is 0 Å². The van der Waals surface area contributed by atoms with Gasteiger partial charge in [0.1, 0.15) is 18.0 Å². The molecule has 0 radical (unpaired) electrons. The average Bonchev–Trinajstić information content (AvgIpc) is 2.89. The van der Waals surface area contributed by atoms with Gasteiger partial charge in [-0.05, 0) is 18.2 Å². The van der Waals surface area contributed by atoms with E-state index in [4.69, 9.17) is 15.2 Å². The van der Waals surface area contributed by atoms with E-state index in [-0.39, 0.29) is 16.9 Å². The largest absolute Gasteiger partial charge is 0.497 e. The van der Waals surface area contributed by atoms with E-state index in [1.165, 1.54) is 20.3 Å². The fourth-order valence-electron chi connectivity index (χ4n) is 3.35. The number of nitrogens with two attached hydrogens (primary N) is 1. The van der Waals surface area contributed by atoms with E-state index < -0.39 is 36.2 Å². The Labute approximate surface area is 161 Å². The number of nitrogens with zero attached hydrogens (tertiary/aromatic N) is 1. The van der Waals surface area contributed by atoms with Gasteiger partial charge in [0, 0.05) is 11.6 Å². The number of rotatable bonds is 7. The molecular weight excluding hydrogens is 364 g/mol. The van der Waals surface area contributed by atoms with Crippen LogP contribution in [0, 0.1) is 0 Å². The predicted octanol–water partition coefficient (Wildman–Crippen LogP) is 0.996. The Kier molecular flexibility index (Phi) is 5.06. The molecule has 1 aliphatic heterocycles. The van der Waals surface area contributed by atoms with Crippen molar-refractivity contribution >= 4 is 23.3 Å². The van der Waals surface area contributed by atoms with Gasteiger partial charge in [0.2, 0.25) is 5.91 Å². The molecule has 1 atom stereocenters. The Balaban J connectivity index is 1.98. The van der Waals surface area contributed by atoms with Crippen LogP contribution in [0.15, 0.2) is 42.5 Å². The lowest BCUT2D eigenvalue weighted by Crippen LogP contribution is -2.44. The molecule has 1 heterocycles. The molecule has 3 rings (SSSR count). The van der Waals surface area contributed by atoms with E-state index in [1.807, 2.05) is 0 Å². The molecule has 0 saturated heterocycles. The molecular formula is C20H20N2O6. The molecule has 2 amide bonds. The zero-order valence-corrected chi connectivity index (χ0v) is 15.5. The molecule has 8 nitrogen and oxygen atoms in total. The van der Waals surface area contributed by atoms with E-state index in [2.05, 4.69) is 0 Å². The number of hydrogen-bond acceptors (Lipinski definition) is 6. The van der Waals surface area contributed by atoms with Crippen LogP contribution in [0.25, 0.3) is 0 Å². The van der Waals surface area contributed by atoms with Crippen LogP contribution >= 0.6 is 0 Å². The Morgan fingerprint density at radius 1 is 1.14 bits per heavy atom. The molecule has 0 fully saturated rings. The summed E-state index contributed by atoms with van der Waals surface area (Å²) in [5.41, 5.74) is 3.93. The molecule has 0 aromatic heterocycles. The highest BCUT2D eigenvalue weighted by Gasteiger charge is 2.51. The summed E-state index contributed by atoms with van der Waals surface area (Å²) < 4.78 is 10.4. The van der Waals surface area contributed by atoms with Gasteiger partial charge in [-0.15, -0.1) is 0 Å². The Morgan fingerprint density at radius 2 is 1.86 bits per heavy atom. The SMILES string of the molecule is COc1ccc(C(=O)C[C@]2(O)C(=O)N(CC(N)=O)c3ccccc32)c(OC)c1. The van der Waals surface area contributed by atoms with Crippen LogP contribution < -0.4 is 20.1 Å². The lowest BCUT2D eigenvalue weighted by molar-refractivity contribution is -0.136. The van der Waals surface area contributed by atoms with Crippen molar-refractivity contribution in [2.24, 2.45) is 5.73 Å². The van der Waals surface area contributed by atoms with E-state index in [0.29, 0.717) is 11.4 Å². The van der Waals surface area contributed by atoms with Crippen molar-refractivity contribution in [1.82, 2.24) is 0 Å². The quantitative estimate of drug-likeness (QED) is 0.687. The molecule has 2 aromatic rings. The van der Waals surface area contributed by atoms with E-state index in [9.17, 15) is 19.5 Å². The third-order valence-corrected chi connectivity index (χ3v) is 4.68. The first-order valence-electron chi connectivity index (χ1n) is 8.49. The lowest BCUT2D eigenvalue weighted by Gasteiger charge is -2.22. The molecule has 0 aliphatic carbocycles. The zero-order valence-electron chi connectivity index (χ0n) is 15.5. The third kappa shape index (κ3) is 3.18. The van der Waals surface area contributed by atoms with Gasteiger partial charge in [-0.3, -0.25) is 19.3 Å². The monoisotopic (exact) mass is 384 g/mol. The average molecular weight is 384 g/mol. The molecule has 8 heteroatoms. The molecule has 1 aliphatic rings. The standard InChI is InChI=1S/C20H20N2O6/c1-27-12-7-8-13(17(9-12)28-2)16(23)10-20(26)14-5-3-4-6-15(14)22(19(20)25)11-18(21)24/h3-9,26H,10-11H2,1-2H3,(H2,21,24)/t20-/m1/s1. The fraction of sp³-hybridized carbons (Fsp3) is 0.250. The van der Waals surface area contributed by atoms with Crippen molar-refractivity contribution in [3.05, 3.63) is 53.6 Å². The molecule has 0 unspecified atom stereocenters. The number of primary amides is 1. The first-order chi connectivity index (χ1) is 13.3. The number of ether oxygens (including phenoxy) is 2. The fourth-order valence-corrected chi connectivity index (χ4v) is 3.35. The molecule has 3 N–H and O–H groups in total. The smallest absolute Gasteiger partial charge is 0.264 e. The minimum atomic E-state index is -2.10. The van der Waals surface area contributed by atoms with Crippen LogP contribution in [0.5, 0.6) is 11.5 Å². The number of ketones is 1. The second-order valence-corrected chi connectivity index (χ2v) is 6.40. The molecule has 0 bridgehead atoms. The normalized spacial score (nSPS) is 18.0. The van der Waals surface area contributed by atoms with Crippen LogP contribution in [0.2, 0.25) is 0 Å². The van der Waals surface area contributed by atoms with Gasteiger partial charge in [0.15, 0.2) is 11.4 Å². The summed E-state index contributed by atoms with van der Waals surface area (Å²) in [6, 6.07) is 11.1. The predicted molar refractivity (Wildman–Crippen MR) is 100 cm³/mol. The van der Waals surface area contributed by atoms with Crippen LogP contribution in [0.1, 0.15) is 22.3 Å². The first-order valence-corrected chi connectivity index (χ1v) is 8.49. The van der Waals surface area contributed by atoms with Crippen LogP contribution in [-0.4, -0.2) is 43.5 Å². The Hall–Kier alpha value is -3.39. The van der Waals surface area contributed by atoms with Crippen molar-refractivity contribution in [3.63, 3.8) is 0 Å². The zero-order chi connectivity index (χ0) is 20.5. The molecule has 28 heavy (non-hydrogen) atoms. The van der Waals surface area contributed by atoms with Gasteiger partial charge in [-0.1, -0.05) is 18.2 Å². The number of amides is 2. The highest BCUT2D eigenvalue weighted by Crippen LogP contribution is 2.43. The number of hydrogen-bond donors (Lipinski definition) is 2. The van der Waals surface area contributed by atoms with Gasteiger partial charge in [-0.2, -0.15) is 0 Å². The summed E-state index contributed by atoms with van der Waals surface area (Å²) in [7, 11) is 2.89. The van der Waals surface area contributed by atoms with Crippen LogP contribution in [0.3, 0.4) is 0 Å². The number of carbonyl (C=O) groups excluding carboxylic acids is 3. The molecule has 2 aromatic carbocycles. The van der Waals surface area contributed by atoms with Crippen LogP contribution in [0.4, 0.5) is 5.69 Å². The maximum Gasteiger partial charge on any atom is 0.264 e. The summed E-state index contributed by atoms with van der Waals surface area (Å²) in [5.74, 6) is -1.22. The topological polar surface area (TPSA) is 119 Å². The summed E-state index contributed by atoms with van der Waals surface area (Å²) >= 11 is 0. The van der Waals surface area contributed by atoms with E-state index in [1.54, 1.807) is 36.4 Å². The maximum absolute atomic E-state index is 12.9.